The van der Waals surface area contributed by atoms with Crippen LogP contribution in [0.2, 0.25) is 0 Å². The number of halogens is 6. The first-order valence-electron chi connectivity index (χ1n) is 15.8. The summed E-state index contributed by atoms with van der Waals surface area (Å²) in [6.07, 6.45) is -6.70. The van der Waals surface area contributed by atoms with E-state index < -0.39 is 36.7 Å². The largest absolute Gasteiger partial charge is 0.389 e. The van der Waals surface area contributed by atoms with Crippen molar-refractivity contribution in [2.24, 2.45) is 11.3 Å². The minimum Gasteiger partial charge on any atom is -0.387 e. The Balaban J connectivity index is 0.000000328. The van der Waals surface area contributed by atoms with Gasteiger partial charge in [0.1, 0.15) is 6.29 Å². The number of alkyl halides is 6. The van der Waals surface area contributed by atoms with E-state index in [1.807, 2.05) is 35.2 Å². The van der Waals surface area contributed by atoms with Crippen LogP contribution in [0.5, 0.6) is 0 Å². The van der Waals surface area contributed by atoms with Crippen molar-refractivity contribution in [3.05, 3.63) is 58.5 Å². The van der Waals surface area contributed by atoms with Gasteiger partial charge in [-0.15, -0.1) is 0 Å². The average Bonchev–Trinajstić information content (AvgIpc) is 3.49. The van der Waals surface area contributed by atoms with Crippen LogP contribution >= 0.6 is 0 Å². The number of piperazine rings is 1. The number of amides is 1. The molecule has 0 radical (unpaired) electrons. The third-order valence-electron chi connectivity index (χ3n) is 9.48. The molecule has 1 amide bonds. The number of nitrogens with one attached hydrogen (secondary N) is 1. The van der Waals surface area contributed by atoms with E-state index in [1.165, 1.54) is 0 Å². The molecule has 0 bridgehead atoms. The van der Waals surface area contributed by atoms with Crippen molar-refractivity contribution in [2.45, 2.75) is 69.4 Å². The highest BCUT2D eigenvalue weighted by Gasteiger charge is 2.54. The summed E-state index contributed by atoms with van der Waals surface area (Å²) in [5.41, 5.74) is 0.733. The standard InChI is InChI=1S/C27H36N4O3.C6H6F6O/c1-29-14-11-27(34,26(19-29)9-5-6-10-26)20-31-18-23(25(33)30-15-12-28-13-16-30)22(17-24(31)32)21-7-3-2-4-8-21;7-5(8,9)1-4(3-13)2-6(10,11)12/h2-4,7-8,17-18,28,34H,5-6,9-16,19-20H2,1H3;3-4H,1-2H2. The van der Waals surface area contributed by atoms with Crippen LogP contribution in [0.3, 0.4) is 0 Å². The van der Waals surface area contributed by atoms with Gasteiger partial charge in [-0.2, -0.15) is 26.3 Å². The minimum absolute atomic E-state index is 0.0555. The Morgan fingerprint density at radius 2 is 1.57 bits per heavy atom. The second-order valence-electron chi connectivity index (χ2n) is 13.0. The number of likely N-dealkylation sites (tertiary alicyclic amines) is 1. The lowest BCUT2D eigenvalue weighted by Gasteiger charge is -2.51. The Labute approximate surface area is 269 Å². The van der Waals surface area contributed by atoms with Crippen LogP contribution in [-0.2, 0) is 11.3 Å². The number of hydrogen-bond acceptors (Lipinski definition) is 6. The monoisotopic (exact) mass is 672 g/mol. The van der Waals surface area contributed by atoms with Gasteiger partial charge in [-0.3, -0.25) is 9.59 Å². The van der Waals surface area contributed by atoms with E-state index in [4.69, 9.17) is 0 Å². The highest BCUT2D eigenvalue weighted by molar-refractivity contribution is 6.00. The van der Waals surface area contributed by atoms with Crippen molar-refractivity contribution in [3.63, 3.8) is 0 Å². The summed E-state index contributed by atoms with van der Waals surface area (Å²) in [6, 6.07) is 11.2. The van der Waals surface area contributed by atoms with E-state index in [-0.39, 0.29) is 29.7 Å². The molecule has 8 nitrogen and oxygen atoms in total. The summed E-state index contributed by atoms with van der Waals surface area (Å²) in [4.78, 5) is 41.0. The molecule has 1 spiro atoms. The quantitative estimate of drug-likeness (QED) is 0.322. The van der Waals surface area contributed by atoms with Gasteiger partial charge in [0.15, 0.2) is 0 Å². The van der Waals surface area contributed by atoms with E-state index >= 15 is 0 Å². The van der Waals surface area contributed by atoms with Gasteiger partial charge in [-0.25, -0.2) is 0 Å². The summed E-state index contributed by atoms with van der Waals surface area (Å²) in [5.74, 6) is -2.08. The maximum Gasteiger partial charge on any atom is 0.389 e. The van der Waals surface area contributed by atoms with Crippen molar-refractivity contribution in [1.82, 2.24) is 19.7 Å². The van der Waals surface area contributed by atoms with Crippen molar-refractivity contribution in [3.8, 4) is 11.1 Å². The smallest absolute Gasteiger partial charge is 0.387 e. The van der Waals surface area contributed by atoms with Gasteiger partial charge in [0.2, 0.25) is 0 Å². The van der Waals surface area contributed by atoms with Gasteiger partial charge in [-0.05, 0) is 31.9 Å². The lowest BCUT2D eigenvalue weighted by atomic mass is 9.66. The molecule has 47 heavy (non-hydrogen) atoms. The Morgan fingerprint density at radius 3 is 2.13 bits per heavy atom. The number of pyridine rings is 1. The zero-order valence-electron chi connectivity index (χ0n) is 26.4. The lowest BCUT2D eigenvalue weighted by molar-refractivity contribution is -0.173. The number of nitrogens with zero attached hydrogens (tertiary/aromatic N) is 3. The first-order valence-corrected chi connectivity index (χ1v) is 15.8. The first kappa shape index (κ1) is 36.6. The molecule has 1 unspecified atom stereocenters. The molecular formula is C33H42F6N4O4. The van der Waals surface area contributed by atoms with Crippen LogP contribution in [0.1, 0.15) is 55.3 Å². The number of aldehydes is 1. The molecule has 3 aliphatic rings. The van der Waals surface area contributed by atoms with E-state index in [0.717, 1.165) is 57.4 Å². The molecule has 1 saturated carbocycles. The molecule has 2 aromatic rings. The third kappa shape index (κ3) is 9.44. The number of hydrogen-bond donors (Lipinski definition) is 2. The molecule has 260 valence electrons. The molecule has 5 rings (SSSR count). The zero-order valence-corrected chi connectivity index (χ0v) is 26.4. The van der Waals surface area contributed by atoms with E-state index in [0.29, 0.717) is 30.6 Å². The molecule has 3 heterocycles. The van der Waals surface area contributed by atoms with Crippen LogP contribution in [-0.4, -0.2) is 95.9 Å². The highest BCUT2D eigenvalue weighted by Crippen LogP contribution is 2.51. The molecule has 1 aromatic heterocycles. The van der Waals surface area contributed by atoms with Crippen LogP contribution in [0.25, 0.3) is 11.1 Å². The summed E-state index contributed by atoms with van der Waals surface area (Å²) in [7, 11) is 2.12. The number of carbonyl (C=O) groups is 2. The summed E-state index contributed by atoms with van der Waals surface area (Å²) >= 11 is 0. The average molecular weight is 673 g/mol. The Morgan fingerprint density at radius 1 is 0.979 bits per heavy atom. The van der Waals surface area contributed by atoms with E-state index in [9.17, 15) is 45.8 Å². The lowest BCUT2D eigenvalue weighted by Crippen LogP contribution is -2.60. The number of carbonyl (C=O) groups excluding carboxylic acids is 2. The van der Waals surface area contributed by atoms with E-state index in [2.05, 4.69) is 17.3 Å². The molecule has 14 heteroatoms. The first-order chi connectivity index (χ1) is 22.0. The third-order valence-corrected chi connectivity index (χ3v) is 9.48. The van der Waals surface area contributed by atoms with Crippen molar-refractivity contribution >= 4 is 12.2 Å². The van der Waals surface area contributed by atoms with Crippen molar-refractivity contribution < 1.29 is 41.0 Å². The second kappa shape index (κ2) is 14.9. The van der Waals surface area contributed by atoms with Crippen molar-refractivity contribution in [1.29, 1.82) is 0 Å². The molecule has 2 aliphatic heterocycles. The van der Waals surface area contributed by atoms with Gasteiger partial charge >= 0.3 is 12.4 Å². The summed E-state index contributed by atoms with van der Waals surface area (Å²) < 4.78 is 70.9. The predicted molar refractivity (Wildman–Crippen MR) is 164 cm³/mol. The van der Waals surface area contributed by atoms with Gasteiger partial charge in [0.25, 0.3) is 11.5 Å². The number of benzene rings is 1. The van der Waals surface area contributed by atoms with E-state index in [1.54, 1.807) is 16.8 Å². The minimum atomic E-state index is -4.74. The zero-order chi connectivity index (χ0) is 34.5. The molecule has 1 atom stereocenters. The molecule has 3 fully saturated rings. The van der Waals surface area contributed by atoms with Crippen LogP contribution in [0.15, 0.2) is 47.4 Å². The molecular weight excluding hydrogens is 630 g/mol. The number of aliphatic hydroxyl groups is 1. The molecule has 1 aliphatic carbocycles. The highest BCUT2D eigenvalue weighted by atomic mass is 19.4. The fourth-order valence-electron chi connectivity index (χ4n) is 7.11. The molecule has 2 N–H and O–H groups in total. The summed E-state index contributed by atoms with van der Waals surface area (Å²) in [6.45, 7) is 4.71. The number of piperidine rings is 1. The maximum atomic E-state index is 13.6. The fourth-order valence-corrected chi connectivity index (χ4v) is 7.11. The predicted octanol–water partition coefficient (Wildman–Crippen LogP) is 4.89. The molecule has 1 aromatic carbocycles. The number of aromatic nitrogens is 1. The number of rotatable bonds is 7. The van der Waals surface area contributed by atoms with Gasteiger partial charge in [0.05, 0.1) is 30.6 Å². The normalized spacial score (nSPS) is 21.9. The van der Waals surface area contributed by atoms with Gasteiger partial charge < -0.3 is 29.6 Å². The second-order valence-corrected chi connectivity index (χ2v) is 13.0. The Bertz CT molecular complexity index is 1400. The van der Waals surface area contributed by atoms with Crippen molar-refractivity contribution in [2.75, 3.05) is 46.3 Å². The molecule has 2 saturated heterocycles. The SMILES string of the molecule is CN1CCC(O)(Cn2cc(C(=O)N3CCNCC3)c(-c3ccccc3)cc2=O)C2(CCCC2)C1.O=CC(CC(F)(F)F)CC(F)(F)F. The maximum absolute atomic E-state index is 13.6. The Hall–Kier alpha value is -3.23. The Kier molecular flexibility index (Phi) is 11.6. The van der Waals surface area contributed by atoms with Crippen LogP contribution in [0, 0.1) is 11.3 Å². The van der Waals surface area contributed by atoms with Gasteiger partial charge in [-0.1, -0.05) is 43.2 Å². The topological polar surface area (TPSA) is 94.9 Å². The van der Waals surface area contributed by atoms with Crippen LogP contribution < -0.4 is 10.9 Å². The van der Waals surface area contributed by atoms with Crippen LogP contribution in [0.4, 0.5) is 26.3 Å². The summed E-state index contributed by atoms with van der Waals surface area (Å²) in [5, 5.41) is 15.3. The van der Waals surface area contributed by atoms with Gasteiger partial charge in [0, 0.05) is 68.4 Å². The fraction of sp³-hybridized carbons (Fsp3) is 0.606.